The molecule has 0 bridgehead atoms. The number of benzene rings is 2. The summed E-state index contributed by atoms with van der Waals surface area (Å²) in [5.41, 5.74) is 3.27. The molecule has 2 aromatic carbocycles. The summed E-state index contributed by atoms with van der Waals surface area (Å²) in [7, 11) is 0. The van der Waals surface area contributed by atoms with E-state index in [-0.39, 0.29) is 5.97 Å². The molecule has 0 saturated carbocycles. The van der Waals surface area contributed by atoms with Crippen LogP contribution in [0.5, 0.6) is 0 Å². The van der Waals surface area contributed by atoms with E-state index in [0.717, 1.165) is 16.5 Å². The van der Waals surface area contributed by atoms with Crippen LogP contribution in [0, 0.1) is 6.92 Å². The minimum atomic E-state index is -0.329. The Morgan fingerprint density at radius 3 is 2.76 bits per heavy atom. The predicted molar refractivity (Wildman–Crippen MR) is 82.3 cm³/mol. The van der Waals surface area contributed by atoms with Crippen LogP contribution in [-0.4, -0.2) is 12.6 Å². The molecule has 0 N–H and O–H groups in total. The van der Waals surface area contributed by atoms with Crippen LogP contribution < -0.4 is 0 Å². The normalized spacial score (nSPS) is 10.8. The minimum absolute atomic E-state index is 0.329. The number of carbonyl (C=O) groups excluding carboxylic acids is 1. The molecule has 0 aliphatic heterocycles. The summed E-state index contributed by atoms with van der Waals surface area (Å²) in [6, 6.07) is 15.3. The molecule has 0 unspecified atom stereocenters. The highest BCUT2D eigenvalue weighted by atomic mass is 16.5. The fourth-order valence-corrected chi connectivity index (χ4v) is 2.38. The first-order valence-electron chi connectivity index (χ1n) is 6.96. The number of hydrogen-bond donors (Lipinski definition) is 0. The van der Waals surface area contributed by atoms with E-state index in [1.807, 2.05) is 43.3 Å². The van der Waals surface area contributed by atoms with Gasteiger partial charge >= 0.3 is 5.97 Å². The number of esters is 1. The van der Waals surface area contributed by atoms with Crippen LogP contribution in [-0.2, 0) is 4.74 Å². The number of rotatable bonds is 3. The van der Waals surface area contributed by atoms with Gasteiger partial charge in [-0.25, -0.2) is 4.79 Å². The minimum Gasteiger partial charge on any atom is -0.462 e. The molecule has 0 fully saturated rings. The number of fused-ring (bicyclic) bond motifs is 1. The third-order valence-electron chi connectivity index (χ3n) is 3.36. The standard InChI is InChI=1S/C18H16O3/c1-3-20-18(19)15-7-5-4-6-14(15)17-11-13-10-12(2)8-9-16(13)21-17/h4-11H,3H2,1-2H3. The number of ether oxygens (including phenoxy) is 1. The molecular formula is C18H16O3. The second-order valence-electron chi connectivity index (χ2n) is 4.92. The van der Waals surface area contributed by atoms with Crippen molar-refractivity contribution in [2.45, 2.75) is 13.8 Å². The SMILES string of the molecule is CCOC(=O)c1ccccc1-c1cc2cc(C)ccc2o1. The van der Waals surface area contributed by atoms with Crippen LogP contribution in [0.15, 0.2) is 52.9 Å². The van der Waals surface area contributed by atoms with Crippen LogP contribution in [0.3, 0.4) is 0 Å². The first-order valence-corrected chi connectivity index (χ1v) is 6.96. The van der Waals surface area contributed by atoms with Gasteiger partial charge in [0.1, 0.15) is 11.3 Å². The fraction of sp³-hybridized carbons (Fsp3) is 0.167. The molecule has 0 aliphatic carbocycles. The summed E-state index contributed by atoms with van der Waals surface area (Å²) in [5.74, 6) is 0.351. The lowest BCUT2D eigenvalue weighted by Gasteiger charge is -2.06. The molecule has 3 aromatic rings. The van der Waals surface area contributed by atoms with Crippen molar-refractivity contribution in [3.63, 3.8) is 0 Å². The Kier molecular flexibility index (Phi) is 3.48. The first-order chi connectivity index (χ1) is 10.2. The second kappa shape index (κ2) is 5.44. The Bertz CT molecular complexity index is 799. The van der Waals surface area contributed by atoms with E-state index >= 15 is 0 Å². The van der Waals surface area contributed by atoms with Crippen molar-refractivity contribution in [2.75, 3.05) is 6.61 Å². The molecule has 21 heavy (non-hydrogen) atoms. The molecule has 0 saturated heterocycles. The zero-order valence-corrected chi connectivity index (χ0v) is 12.1. The Morgan fingerprint density at radius 1 is 1.14 bits per heavy atom. The van der Waals surface area contributed by atoms with Gasteiger partial charge in [-0.05, 0) is 38.1 Å². The van der Waals surface area contributed by atoms with Gasteiger partial charge in [-0.2, -0.15) is 0 Å². The van der Waals surface area contributed by atoms with E-state index in [4.69, 9.17) is 9.15 Å². The second-order valence-corrected chi connectivity index (χ2v) is 4.92. The maximum absolute atomic E-state index is 12.0. The number of aryl methyl sites for hydroxylation is 1. The molecule has 0 spiro atoms. The third kappa shape index (κ3) is 2.55. The summed E-state index contributed by atoms with van der Waals surface area (Å²) in [6.45, 7) is 4.19. The molecule has 3 nitrogen and oxygen atoms in total. The Hall–Kier alpha value is -2.55. The van der Waals surface area contributed by atoms with Gasteiger partial charge < -0.3 is 9.15 Å². The fourth-order valence-electron chi connectivity index (χ4n) is 2.38. The van der Waals surface area contributed by atoms with Crippen molar-refractivity contribution in [2.24, 2.45) is 0 Å². The topological polar surface area (TPSA) is 39.4 Å². The molecule has 0 amide bonds. The van der Waals surface area contributed by atoms with Crippen LogP contribution >= 0.6 is 0 Å². The van der Waals surface area contributed by atoms with Crippen molar-refractivity contribution < 1.29 is 13.9 Å². The summed E-state index contributed by atoms with van der Waals surface area (Å²) >= 11 is 0. The lowest BCUT2D eigenvalue weighted by Crippen LogP contribution is -2.05. The van der Waals surface area contributed by atoms with Crippen molar-refractivity contribution in [3.05, 3.63) is 59.7 Å². The van der Waals surface area contributed by atoms with Gasteiger partial charge in [-0.3, -0.25) is 0 Å². The molecule has 3 rings (SSSR count). The molecule has 1 aromatic heterocycles. The average Bonchev–Trinajstić information content (AvgIpc) is 2.90. The zero-order chi connectivity index (χ0) is 14.8. The van der Waals surface area contributed by atoms with Gasteiger partial charge in [-0.15, -0.1) is 0 Å². The van der Waals surface area contributed by atoms with E-state index in [0.29, 0.717) is 17.9 Å². The Balaban J connectivity index is 2.12. The maximum Gasteiger partial charge on any atom is 0.338 e. The first kappa shape index (κ1) is 13.4. The van der Waals surface area contributed by atoms with Crippen molar-refractivity contribution in [3.8, 4) is 11.3 Å². The van der Waals surface area contributed by atoms with Gasteiger partial charge in [-0.1, -0.05) is 29.8 Å². The van der Waals surface area contributed by atoms with Crippen LogP contribution in [0.4, 0.5) is 0 Å². The van der Waals surface area contributed by atoms with E-state index < -0.39 is 0 Å². The van der Waals surface area contributed by atoms with E-state index in [1.165, 1.54) is 5.56 Å². The van der Waals surface area contributed by atoms with Crippen LogP contribution in [0.25, 0.3) is 22.3 Å². The molecular weight excluding hydrogens is 264 g/mol. The van der Waals surface area contributed by atoms with Crippen molar-refractivity contribution in [1.29, 1.82) is 0 Å². The number of furan rings is 1. The molecule has 0 radical (unpaired) electrons. The van der Waals surface area contributed by atoms with Gasteiger partial charge in [0.15, 0.2) is 0 Å². The van der Waals surface area contributed by atoms with Gasteiger partial charge in [0.2, 0.25) is 0 Å². The van der Waals surface area contributed by atoms with Crippen molar-refractivity contribution in [1.82, 2.24) is 0 Å². The number of hydrogen-bond acceptors (Lipinski definition) is 3. The van der Waals surface area contributed by atoms with E-state index in [1.54, 1.807) is 13.0 Å². The zero-order valence-electron chi connectivity index (χ0n) is 12.1. The molecule has 3 heteroatoms. The quantitative estimate of drug-likeness (QED) is 0.659. The van der Waals surface area contributed by atoms with E-state index in [2.05, 4.69) is 6.07 Å². The largest absolute Gasteiger partial charge is 0.462 e. The van der Waals surface area contributed by atoms with Gasteiger partial charge in [0.05, 0.1) is 12.2 Å². The van der Waals surface area contributed by atoms with Gasteiger partial charge in [0, 0.05) is 10.9 Å². The highest BCUT2D eigenvalue weighted by Gasteiger charge is 2.16. The highest BCUT2D eigenvalue weighted by molar-refractivity contribution is 5.97. The predicted octanol–water partition coefficient (Wildman–Crippen LogP) is 4.58. The highest BCUT2D eigenvalue weighted by Crippen LogP contribution is 2.30. The molecule has 0 atom stereocenters. The lowest BCUT2D eigenvalue weighted by atomic mass is 10.0. The summed E-state index contributed by atoms with van der Waals surface area (Å²) < 4.78 is 11.0. The summed E-state index contributed by atoms with van der Waals surface area (Å²) in [5, 5.41) is 1.03. The molecule has 0 aliphatic rings. The third-order valence-corrected chi connectivity index (χ3v) is 3.36. The Morgan fingerprint density at radius 2 is 1.95 bits per heavy atom. The smallest absolute Gasteiger partial charge is 0.338 e. The molecule has 1 heterocycles. The molecule has 106 valence electrons. The van der Waals surface area contributed by atoms with Crippen molar-refractivity contribution >= 4 is 16.9 Å². The van der Waals surface area contributed by atoms with Crippen LogP contribution in [0.2, 0.25) is 0 Å². The Labute approximate surface area is 123 Å². The maximum atomic E-state index is 12.0. The number of carbonyl (C=O) groups is 1. The lowest BCUT2D eigenvalue weighted by molar-refractivity contribution is 0.0527. The summed E-state index contributed by atoms with van der Waals surface area (Å²) in [4.78, 5) is 12.0. The van der Waals surface area contributed by atoms with E-state index in [9.17, 15) is 4.79 Å². The average molecular weight is 280 g/mol. The van der Waals surface area contributed by atoms with Crippen LogP contribution in [0.1, 0.15) is 22.8 Å². The van der Waals surface area contributed by atoms with Gasteiger partial charge in [0.25, 0.3) is 0 Å². The summed E-state index contributed by atoms with van der Waals surface area (Å²) in [6.07, 6.45) is 0. The monoisotopic (exact) mass is 280 g/mol.